The van der Waals surface area contributed by atoms with Gasteiger partial charge >= 0.3 is 12.0 Å². The highest BCUT2D eigenvalue weighted by molar-refractivity contribution is 5.95. The Morgan fingerprint density at radius 2 is 2.00 bits per heavy atom. The average Bonchev–Trinajstić information content (AvgIpc) is 2.40. The number of aliphatic hydroxyl groups excluding tert-OH is 1. The van der Waals surface area contributed by atoms with Crippen LogP contribution in [0.5, 0.6) is 5.75 Å². The predicted octanol–water partition coefficient (Wildman–Crippen LogP) is 1.72. The molecule has 0 aromatic heterocycles. The van der Waals surface area contributed by atoms with Crippen molar-refractivity contribution in [2.45, 2.75) is 26.3 Å². The summed E-state index contributed by atoms with van der Waals surface area (Å²) in [6.07, 6.45) is 0.460. The molecule has 0 spiro atoms. The van der Waals surface area contributed by atoms with E-state index in [1.54, 1.807) is 0 Å². The molecule has 1 aromatic carbocycles. The average molecular weight is 296 g/mol. The van der Waals surface area contributed by atoms with Gasteiger partial charge in [-0.2, -0.15) is 0 Å². The Labute approximate surface area is 122 Å². The number of nitrogens with zero attached hydrogens (tertiary/aromatic N) is 1. The number of aliphatic hydroxyl groups is 1. The summed E-state index contributed by atoms with van der Waals surface area (Å²) in [7, 11) is 0. The van der Waals surface area contributed by atoms with E-state index in [0.717, 1.165) is 0 Å². The van der Waals surface area contributed by atoms with E-state index in [1.165, 1.54) is 23.1 Å². The second-order valence-electron chi connectivity index (χ2n) is 4.83. The molecule has 21 heavy (non-hydrogen) atoms. The Hall–Kier alpha value is -2.28. The number of benzene rings is 1. The lowest BCUT2D eigenvalue weighted by Crippen LogP contribution is -2.41. The zero-order valence-corrected chi connectivity index (χ0v) is 12.0. The Morgan fingerprint density at radius 1 is 1.33 bits per heavy atom. The summed E-state index contributed by atoms with van der Waals surface area (Å²) >= 11 is 0. The maximum Gasteiger partial charge on any atom is 0.339 e. The SMILES string of the molecule is CC(C)N(CCCO)C(=O)Nc1ccc(O)c(C(=O)O)c1. The van der Waals surface area contributed by atoms with Crippen LogP contribution in [0.25, 0.3) is 0 Å². The van der Waals surface area contributed by atoms with E-state index in [2.05, 4.69) is 5.32 Å². The van der Waals surface area contributed by atoms with E-state index in [1.807, 2.05) is 13.8 Å². The highest BCUT2D eigenvalue weighted by atomic mass is 16.4. The number of anilines is 1. The minimum absolute atomic E-state index is 0.0150. The van der Waals surface area contributed by atoms with Crippen LogP contribution in [0, 0.1) is 0 Å². The summed E-state index contributed by atoms with van der Waals surface area (Å²) in [5, 5.41) is 29.8. The summed E-state index contributed by atoms with van der Waals surface area (Å²) in [5.41, 5.74) is 0.00380. The molecular weight excluding hydrogens is 276 g/mol. The number of hydrogen-bond donors (Lipinski definition) is 4. The zero-order valence-electron chi connectivity index (χ0n) is 12.0. The highest BCUT2D eigenvalue weighted by Gasteiger charge is 2.17. The summed E-state index contributed by atoms with van der Waals surface area (Å²) in [5.74, 6) is -1.63. The van der Waals surface area contributed by atoms with Crippen molar-refractivity contribution in [3.05, 3.63) is 23.8 Å². The first kappa shape index (κ1) is 16.8. The number of phenols is 1. The van der Waals surface area contributed by atoms with Crippen molar-refractivity contribution < 1.29 is 24.9 Å². The summed E-state index contributed by atoms with van der Waals surface area (Å²) < 4.78 is 0. The monoisotopic (exact) mass is 296 g/mol. The Morgan fingerprint density at radius 3 is 2.52 bits per heavy atom. The van der Waals surface area contributed by atoms with Crippen molar-refractivity contribution in [3.63, 3.8) is 0 Å². The minimum atomic E-state index is -1.27. The Kier molecular flexibility index (Phi) is 5.98. The van der Waals surface area contributed by atoms with Crippen molar-refractivity contribution in [3.8, 4) is 5.75 Å². The number of carboxylic acid groups (broad SMARTS) is 1. The fraction of sp³-hybridized carbons (Fsp3) is 0.429. The van der Waals surface area contributed by atoms with Gasteiger partial charge < -0.3 is 25.5 Å². The van der Waals surface area contributed by atoms with Crippen LogP contribution in [0.2, 0.25) is 0 Å². The molecule has 0 saturated heterocycles. The second-order valence-corrected chi connectivity index (χ2v) is 4.83. The van der Waals surface area contributed by atoms with Gasteiger partial charge in [0.25, 0.3) is 0 Å². The molecule has 0 bridgehead atoms. The van der Waals surface area contributed by atoms with E-state index in [-0.39, 0.29) is 35.7 Å². The summed E-state index contributed by atoms with van der Waals surface area (Å²) in [6.45, 7) is 4.07. The third-order valence-electron chi connectivity index (χ3n) is 2.92. The van der Waals surface area contributed by atoms with Gasteiger partial charge in [-0.1, -0.05) is 0 Å². The largest absolute Gasteiger partial charge is 0.507 e. The highest BCUT2D eigenvalue weighted by Crippen LogP contribution is 2.21. The van der Waals surface area contributed by atoms with Crippen LogP contribution in [0.15, 0.2) is 18.2 Å². The van der Waals surface area contributed by atoms with Gasteiger partial charge in [-0.25, -0.2) is 9.59 Å². The molecule has 1 aromatic rings. The van der Waals surface area contributed by atoms with Gasteiger partial charge in [0, 0.05) is 24.9 Å². The first-order valence-electron chi connectivity index (χ1n) is 6.61. The van der Waals surface area contributed by atoms with E-state index < -0.39 is 5.97 Å². The van der Waals surface area contributed by atoms with Crippen LogP contribution < -0.4 is 5.32 Å². The van der Waals surface area contributed by atoms with Gasteiger partial charge in [-0.3, -0.25) is 0 Å². The maximum absolute atomic E-state index is 12.1. The lowest BCUT2D eigenvalue weighted by Gasteiger charge is -2.26. The zero-order chi connectivity index (χ0) is 16.0. The lowest BCUT2D eigenvalue weighted by atomic mass is 10.2. The predicted molar refractivity (Wildman–Crippen MR) is 77.6 cm³/mol. The first-order valence-corrected chi connectivity index (χ1v) is 6.61. The van der Waals surface area contributed by atoms with E-state index in [4.69, 9.17) is 10.2 Å². The molecule has 0 fully saturated rings. The molecule has 0 saturated carbocycles. The van der Waals surface area contributed by atoms with Crippen LogP contribution >= 0.6 is 0 Å². The lowest BCUT2D eigenvalue weighted by molar-refractivity contribution is 0.0693. The van der Waals surface area contributed by atoms with Crippen molar-refractivity contribution >= 4 is 17.7 Å². The molecule has 0 heterocycles. The number of carbonyl (C=O) groups excluding carboxylic acids is 1. The van der Waals surface area contributed by atoms with Crippen LogP contribution in [-0.2, 0) is 0 Å². The Bertz CT molecular complexity index is 516. The van der Waals surface area contributed by atoms with Crippen molar-refractivity contribution in [1.82, 2.24) is 4.90 Å². The van der Waals surface area contributed by atoms with Crippen molar-refractivity contribution in [1.29, 1.82) is 0 Å². The number of nitrogens with one attached hydrogen (secondary N) is 1. The molecule has 4 N–H and O–H groups in total. The number of aromatic carboxylic acids is 1. The molecule has 0 aliphatic rings. The van der Waals surface area contributed by atoms with Crippen LogP contribution in [0.1, 0.15) is 30.6 Å². The normalized spacial score (nSPS) is 10.5. The molecule has 0 atom stereocenters. The molecule has 0 aliphatic carbocycles. The third-order valence-corrected chi connectivity index (χ3v) is 2.92. The molecule has 2 amide bonds. The number of amides is 2. The first-order chi connectivity index (χ1) is 9.86. The molecule has 1 rings (SSSR count). The van der Waals surface area contributed by atoms with Gasteiger partial charge in [0.2, 0.25) is 0 Å². The fourth-order valence-electron chi connectivity index (χ4n) is 1.82. The summed E-state index contributed by atoms with van der Waals surface area (Å²) in [4.78, 5) is 24.6. The topological polar surface area (TPSA) is 110 Å². The smallest absolute Gasteiger partial charge is 0.339 e. The molecule has 0 radical (unpaired) electrons. The number of aromatic hydroxyl groups is 1. The third kappa shape index (κ3) is 4.64. The van der Waals surface area contributed by atoms with Crippen LogP contribution in [0.4, 0.5) is 10.5 Å². The van der Waals surface area contributed by atoms with Gasteiger partial charge in [-0.05, 0) is 38.5 Å². The van der Waals surface area contributed by atoms with Gasteiger partial charge in [-0.15, -0.1) is 0 Å². The van der Waals surface area contributed by atoms with Crippen molar-refractivity contribution in [2.24, 2.45) is 0 Å². The molecule has 7 heteroatoms. The van der Waals surface area contributed by atoms with Gasteiger partial charge in [0.15, 0.2) is 0 Å². The Balaban J connectivity index is 2.86. The summed E-state index contributed by atoms with van der Waals surface area (Å²) in [6, 6.07) is 3.38. The molecule has 0 unspecified atom stereocenters. The standard InChI is InChI=1S/C14H20N2O5/c1-9(2)16(6-3-7-17)14(21)15-10-4-5-12(18)11(8-10)13(19)20/h4-5,8-9,17-18H,3,6-7H2,1-2H3,(H,15,21)(H,19,20). The molecule has 7 nitrogen and oxygen atoms in total. The van der Waals surface area contributed by atoms with Gasteiger partial charge in [0.05, 0.1) is 0 Å². The molecule has 116 valence electrons. The maximum atomic E-state index is 12.1. The number of carbonyl (C=O) groups is 2. The number of urea groups is 1. The molecule has 0 aliphatic heterocycles. The van der Waals surface area contributed by atoms with Crippen LogP contribution in [-0.4, -0.2) is 51.4 Å². The number of hydrogen-bond acceptors (Lipinski definition) is 4. The second kappa shape index (κ2) is 7.49. The minimum Gasteiger partial charge on any atom is -0.507 e. The quantitative estimate of drug-likeness (QED) is 0.597. The van der Waals surface area contributed by atoms with E-state index in [9.17, 15) is 14.7 Å². The van der Waals surface area contributed by atoms with Crippen molar-refractivity contribution in [2.75, 3.05) is 18.5 Å². The van der Waals surface area contributed by atoms with E-state index in [0.29, 0.717) is 13.0 Å². The number of carboxylic acids is 1. The molecular formula is C14H20N2O5. The number of rotatable bonds is 6. The fourth-order valence-corrected chi connectivity index (χ4v) is 1.82. The van der Waals surface area contributed by atoms with E-state index >= 15 is 0 Å². The van der Waals surface area contributed by atoms with Gasteiger partial charge in [0.1, 0.15) is 11.3 Å². The van der Waals surface area contributed by atoms with Crippen LogP contribution in [0.3, 0.4) is 0 Å².